The molecule has 1 N–H and O–H groups in total. The van der Waals surface area contributed by atoms with E-state index in [0.717, 1.165) is 28.9 Å². The molecular weight excluding hydrogens is 401 g/mol. The Morgan fingerprint density at radius 2 is 1.87 bits per heavy atom. The minimum Gasteiger partial charge on any atom is -0.482 e. The summed E-state index contributed by atoms with van der Waals surface area (Å²) in [4.78, 5) is 0. The first-order chi connectivity index (χ1) is 11.1. The van der Waals surface area contributed by atoms with Gasteiger partial charge in [0.05, 0.1) is 11.1 Å². The maximum absolute atomic E-state index is 6.25. The molecule has 0 amide bonds. The number of morpholine rings is 1. The molecule has 0 aliphatic carbocycles. The second-order valence-corrected chi connectivity index (χ2v) is 7.01. The minimum absolute atomic E-state index is 0.0764. The van der Waals surface area contributed by atoms with Crippen LogP contribution in [0.15, 0.2) is 46.9 Å². The summed E-state index contributed by atoms with van der Waals surface area (Å²) >= 11 is 15.5. The fraction of sp³-hybridized carbons (Fsp3) is 0.294. The second-order valence-electron chi connectivity index (χ2n) is 5.28. The third-order valence-corrected chi connectivity index (χ3v) is 4.75. The summed E-state index contributed by atoms with van der Waals surface area (Å²) in [5.41, 5.74) is 1.02. The molecule has 1 heterocycles. The van der Waals surface area contributed by atoms with E-state index in [-0.39, 0.29) is 12.2 Å². The van der Waals surface area contributed by atoms with Gasteiger partial charge in [0.15, 0.2) is 6.10 Å². The molecule has 0 saturated carbocycles. The van der Waals surface area contributed by atoms with Crippen molar-refractivity contribution < 1.29 is 9.47 Å². The number of ether oxygens (including phenoxy) is 2. The van der Waals surface area contributed by atoms with Crippen molar-refractivity contribution in [2.24, 2.45) is 0 Å². The molecule has 1 fully saturated rings. The van der Waals surface area contributed by atoms with E-state index in [1.165, 1.54) is 0 Å². The molecule has 2 atom stereocenters. The Labute approximate surface area is 154 Å². The Morgan fingerprint density at radius 3 is 2.52 bits per heavy atom. The van der Waals surface area contributed by atoms with Gasteiger partial charge in [-0.25, -0.2) is 0 Å². The van der Waals surface area contributed by atoms with E-state index in [9.17, 15) is 0 Å². The molecular formula is C17H16BrCl2NO2. The third kappa shape index (κ3) is 4.40. The van der Waals surface area contributed by atoms with Gasteiger partial charge in [0, 0.05) is 23.1 Å². The molecule has 122 valence electrons. The predicted molar refractivity (Wildman–Crippen MR) is 96.6 cm³/mol. The van der Waals surface area contributed by atoms with Gasteiger partial charge in [0.2, 0.25) is 0 Å². The molecule has 1 aliphatic heterocycles. The monoisotopic (exact) mass is 415 g/mol. The quantitative estimate of drug-likeness (QED) is 0.771. The molecule has 2 aromatic carbocycles. The molecule has 3 rings (SSSR count). The van der Waals surface area contributed by atoms with Gasteiger partial charge in [-0.1, -0.05) is 35.3 Å². The van der Waals surface area contributed by atoms with E-state index in [4.69, 9.17) is 32.7 Å². The van der Waals surface area contributed by atoms with Gasteiger partial charge in [-0.05, 0) is 51.8 Å². The van der Waals surface area contributed by atoms with Crippen LogP contribution in [0.4, 0.5) is 0 Å². The summed E-state index contributed by atoms with van der Waals surface area (Å²) in [6.45, 7) is 2.26. The SMILES string of the molecule is Clc1ccc([C@H](Oc2ccc(Cl)cc2Br)[C@@H]2CNCCO2)cc1. The lowest BCUT2D eigenvalue weighted by atomic mass is 10.0. The van der Waals surface area contributed by atoms with Crippen LogP contribution in [0.3, 0.4) is 0 Å². The van der Waals surface area contributed by atoms with Crippen LogP contribution in [0.1, 0.15) is 11.7 Å². The van der Waals surface area contributed by atoms with Gasteiger partial charge >= 0.3 is 0 Å². The van der Waals surface area contributed by atoms with E-state index in [1.54, 1.807) is 6.07 Å². The fourth-order valence-corrected chi connectivity index (χ4v) is 3.40. The largest absolute Gasteiger partial charge is 0.482 e. The molecule has 3 nitrogen and oxygen atoms in total. The molecule has 0 aromatic heterocycles. The highest BCUT2D eigenvalue weighted by Crippen LogP contribution is 2.34. The number of rotatable bonds is 4. The lowest BCUT2D eigenvalue weighted by molar-refractivity contribution is -0.0434. The molecule has 1 saturated heterocycles. The van der Waals surface area contributed by atoms with Crippen LogP contribution < -0.4 is 10.1 Å². The van der Waals surface area contributed by atoms with Crippen molar-refractivity contribution >= 4 is 39.1 Å². The Hall–Kier alpha value is -0.780. The zero-order chi connectivity index (χ0) is 16.2. The lowest BCUT2D eigenvalue weighted by Gasteiger charge is -2.32. The highest BCUT2D eigenvalue weighted by atomic mass is 79.9. The van der Waals surface area contributed by atoms with E-state index >= 15 is 0 Å². The summed E-state index contributed by atoms with van der Waals surface area (Å²) < 4.78 is 13.0. The molecule has 0 radical (unpaired) electrons. The van der Waals surface area contributed by atoms with Gasteiger partial charge in [0.1, 0.15) is 11.9 Å². The smallest absolute Gasteiger partial charge is 0.151 e. The van der Waals surface area contributed by atoms with Crippen molar-refractivity contribution in [3.05, 3.63) is 62.5 Å². The average Bonchev–Trinajstić information content (AvgIpc) is 2.56. The fourth-order valence-electron chi connectivity index (χ4n) is 2.50. The first kappa shape index (κ1) is 17.1. The Kier molecular flexibility index (Phi) is 5.83. The Bertz CT molecular complexity index is 660. The van der Waals surface area contributed by atoms with Crippen LogP contribution in [0.2, 0.25) is 10.0 Å². The van der Waals surface area contributed by atoms with Crippen LogP contribution in [0.25, 0.3) is 0 Å². The second kappa shape index (κ2) is 7.86. The maximum atomic E-state index is 6.25. The maximum Gasteiger partial charge on any atom is 0.151 e. The summed E-state index contributed by atoms with van der Waals surface area (Å²) in [7, 11) is 0. The molecule has 6 heteroatoms. The topological polar surface area (TPSA) is 30.5 Å². The van der Waals surface area contributed by atoms with E-state index in [1.807, 2.05) is 36.4 Å². The number of benzene rings is 2. The van der Waals surface area contributed by atoms with Gasteiger partial charge in [-0.15, -0.1) is 0 Å². The highest BCUT2D eigenvalue weighted by Gasteiger charge is 2.28. The van der Waals surface area contributed by atoms with E-state index in [2.05, 4.69) is 21.2 Å². The van der Waals surface area contributed by atoms with E-state index in [0.29, 0.717) is 16.7 Å². The van der Waals surface area contributed by atoms with Crippen molar-refractivity contribution in [2.45, 2.75) is 12.2 Å². The Balaban J connectivity index is 1.89. The first-order valence-corrected chi connectivity index (χ1v) is 8.88. The molecule has 23 heavy (non-hydrogen) atoms. The van der Waals surface area contributed by atoms with Crippen molar-refractivity contribution in [1.29, 1.82) is 0 Å². The summed E-state index contributed by atoms with van der Waals surface area (Å²) in [5, 5.41) is 4.69. The first-order valence-electron chi connectivity index (χ1n) is 7.33. The van der Waals surface area contributed by atoms with Crippen LogP contribution >= 0.6 is 39.1 Å². The standard InChI is InChI=1S/C17H16BrCl2NO2/c18-14-9-13(20)5-6-15(14)23-17(16-10-21-7-8-22-16)11-1-3-12(19)4-2-11/h1-6,9,16-17,21H,7-8,10H2/t16-,17-/m0/s1. The number of halogens is 3. The van der Waals surface area contributed by atoms with Crippen LogP contribution in [-0.4, -0.2) is 25.8 Å². The lowest BCUT2D eigenvalue weighted by Crippen LogP contribution is -2.43. The third-order valence-electron chi connectivity index (χ3n) is 3.64. The summed E-state index contributed by atoms with van der Waals surface area (Å²) in [5.74, 6) is 0.725. The molecule has 1 aliphatic rings. The average molecular weight is 417 g/mol. The Morgan fingerprint density at radius 1 is 1.13 bits per heavy atom. The number of hydrogen-bond donors (Lipinski definition) is 1. The van der Waals surface area contributed by atoms with Crippen molar-refractivity contribution in [3.63, 3.8) is 0 Å². The number of nitrogens with one attached hydrogen (secondary N) is 1. The minimum atomic E-state index is -0.238. The van der Waals surface area contributed by atoms with Crippen molar-refractivity contribution in [3.8, 4) is 5.75 Å². The molecule has 2 aromatic rings. The zero-order valence-corrected chi connectivity index (χ0v) is 15.4. The summed E-state index contributed by atoms with van der Waals surface area (Å²) in [6.07, 6.45) is -0.315. The normalized spacial score (nSPS) is 19.3. The number of hydrogen-bond acceptors (Lipinski definition) is 3. The summed E-state index contributed by atoms with van der Waals surface area (Å²) in [6, 6.07) is 13.1. The van der Waals surface area contributed by atoms with Crippen LogP contribution in [-0.2, 0) is 4.74 Å². The van der Waals surface area contributed by atoms with Gasteiger partial charge in [-0.2, -0.15) is 0 Å². The van der Waals surface area contributed by atoms with Gasteiger partial charge in [-0.3, -0.25) is 0 Å². The highest BCUT2D eigenvalue weighted by molar-refractivity contribution is 9.10. The predicted octanol–water partition coefficient (Wildman–Crippen LogP) is 4.86. The zero-order valence-electron chi connectivity index (χ0n) is 12.3. The van der Waals surface area contributed by atoms with E-state index < -0.39 is 0 Å². The van der Waals surface area contributed by atoms with Crippen LogP contribution in [0.5, 0.6) is 5.75 Å². The molecule has 0 spiro atoms. The van der Waals surface area contributed by atoms with Gasteiger partial charge < -0.3 is 14.8 Å². The van der Waals surface area contributed by atoms with Crippen molar-refractivity contribution in [1.82, 2.24) is 5.32 Å². The van der Waals surface area contributed by atoms with Gasteiger partial charge in [0.25, 0.3) is 0 Å². The van der Waals surface area contributed by atoms with Crippen LogP contribution in [0, 0.1) is 0 Å². The molecule has 0 unspecified atom stereocenters. The van der Waals surface area contributed by atoms with Crippen molar-refractivity contribution in [2.75, 3.05) is 19.7 Å². The molecule has 0 bridgehead atoms.